The Morgan fingerprint density at radius 3 is 2.26 bits per heavy atom. The molecular weight excluding hydrogens is 509 g/mol. The lowest BCUT2D eigenvalue weighted by Gasteiger charge is -2.20. The predicted molar refractivity (Wildman–Crippen MR) is 141 cm³/mol. The molecule has 35 heavy (non-hydrogen) atoms. The van der Waals surface area contributed by atoms with E-state index in [4.69, 9.17) is 39.5 Å². The Morgan fingerprint density at radius 2 is 1.63 bits per heavy atom. The van der Waals surface area contributed by atoms with Gasteiger partial charge in [-0.15, -0.1) is 0 Å². The first-order chi connectivity index (χ1) is 16.7. The molecule has 1 unspecified atom stereocenters. The molecule has 0 spiro atoms. The summed E-state index contributed by atoms with van der Waals surface area (Å²) in [4.78, 5) is 25.2. The van der Waals surface area contributed by atoms with E-state index in [1.54, 1.807) is 6.07 Å². The first-order valence-corrected chi connectivity index (χ1v) is 11.9. The second kappa shape index (κ2) is 12.6. The van der Waals surface area contributed by atoms with Gasteiger partial charge >= 0.3 is 0 Å². The van der Waals surface area contributed by atoms with Crippen LogP contribution in [0.15, 0.2) is 71.8 Å². The van der Waals surface area contributed by atoms with Crippen LogP contribution in [0.3, 0.4) is 0 Å². The summed E-state index contributed by atoms with van der Waals surface area (Å²) in [6.07, 6.45) is 1.51. The van der Waals surface area contributed by atoms with Crippen LogP contribution in [-0.4, -0.2) is 24.1 Å². The highest BCUT2D eigenvalue weighted by molar-refractivity contribution is 6.42. The van der Waals surface area contributed by atoms with E-state index in [-0.39, 0.29) is 10.9 Å². The summed E-state index contributed by atoms with van der Waals surface area (Å²) >= 11 is 17.8. The molecular formula is C26H24Cl3N3O3. The third-order valence-electron chi connectivity index (χ3n) is 5.00. The summed E-state index contributed by atoms with van der Waals surface area (Å²) < 4.78 is 5.76. The lowest BCUT2D eigenvalue weighted by molar-refractivity contribution is -0.123. The molecule has 2 N–H and O–H groups in total. The summed E-state index contributed by atoms with van der Waals surface area (Å²) in [6.45, 7) is 4.07. The number of halogens is 3. The molecule has 182 valence electrons. The number of nitrogens with zero attached hydrogens (tertiary/aromatic N) is 1. The van der Waals surface area contributed by atoms with Crippen LogP contribution in [-0.2, 0) is 11.4 Å². The van der Waals surface area contributed by atoms with Gasteiger partial charge in [0.2, 0.25) is 0 Å². The van der Waals surface area contributed by atoms with Gasteiger partial charge < -0.3 is 10.1 Å². The number of hydrogen-bond donors (Lipinski definition) is 2. The molecule has 0 aliphatic carbocycles. The van der Waals surface area contributed by atoms with Crippen molar-refractivity contribution in [2.75, 3.05) is 0 Å². The Balaban J connectivity index is 1.53. The van der Waals surface area contributed by atoms with Gasteiger partial charge in [-0.3, -0.25) is 9.59 Å². The number of ether oxygens (including phenoxy) is 1. The van der Waals surface area contributed by atoms with Crippen LogP contribution in [0.5, 0.6) is 5.75 Å². The van der Waals surface area contributed by atoms with Gasteiger partial charge in [-0.25, -0.2) is 5.43 Å². The van der Waals surface area contributed by atoms with E-state index < -0.39 is 17.9 Å². The lowest BCUT2D eigenvalue weighted by Crippen LogP contribution is -2.48. The average molecular weight is 533 g/mol. The standard InChI is InChI=1S/C26H24Cl3N3O3/c1-16(2)24(31-25(33)19-7-12-22(28)23(29)13-19)26(34)32-30-14-17-5-10-21(11-6-17)35-15-18-3-8-20(27)9-4-18/h3-14,16,24H,15H2,1-2H3,(H,31,33)(H,32,34)/b30-14-. The van der Waals surface area contributed by atoms with Crippen molar-refractivity contribution in [3.63, 3.8) is 0 Å². The molecule has 0 saturated carbocycles. The first kappa shape index (κ1) is 26.5. The SMILES string of the molecule is CC(C)C(NC(=O)c1ccc(Cl)c(Cl)c1)C(=O)N/N=C\c1ccc(OCc2ccc(Cl)cc2)cc1. The molecule has 3 rings (SSSR count). The number of carbonyl (C=O) groups excluding carboxylic acids is 2. The van der Waals surface area contributed by atoms with Gasteiger partial charge in [0.05, 0.1) is 16.3 Å². The van der Waals surface area contributed by atoms with Crippen LogP contribution >= 0.6 is 34.8 Å². The second-order valence-corrected chi connectivity index (χ2v) is 9.29. The van der Waals surface area contributed by atoms with Gasteiger partial charge in [-0.2, -0.15) is 5.10 Å². The molecule has 9 heteroatoms. The van der Waals surface area contributed by atoms with Crippen LogP contribution in [0.25, 0.3) is 0 Å². The molecule has 0 heterocycles. The molecule has 1 atom stereocenters. The molecule has 6 nitrogen and oxygen atoms in total. The second-order valence-electron chi connectivity index (χ2n) is 8.04. The Morgan fingerprint density at radius 1 is 0.943 bits per heavy atom. The van der Waals surface area contributed by atoms with E-state index in [0.717, 1.165) is 11.1 Å². The van der Waals surface area contributed by atoms with Gasteiger partial charge in [0, 0.05) is 10.6 Å². The lowest BCUT2D eigenvalue weighted by atomic mass is 10.0. The summed E-state index contributed by atoms with van der Waals surface area (Å²) in [5.74, 6) is -0.344. The zero-order valence-electron chi connectivity index (χ0n) is 19.1. The van der Waals surface area contributed by atoms with E-state index in [9.17, 15) is 9.59 Å². The van der Waals surface area contributed by atoms with Crippen molar-refractivity contribution in [1.29, 1.82) is 0 Å². The fraction of sp³-hybridized carbons (Fsp3) is 0.192. The van der Waals surface area contributed by atoms with Crippen LogP contribution in [0.2, 0.25) is 15.1 Å². The van der Waals surface area contributed by atoms with E-state index >= 15 is 0 Å². The van der Waals surface area contributed by atoms with Gasteiger partial charge in [0.15, 0.2) is 0 Å². The van der Waals surface area contributed by atoms with Crippen molar-refractivity contribution >= 4 is 52.8 Å². The van der Waals surface area contributed by atoms with Crippen molar-refractivity contribution in [3.8, 4) is 5.75 Å². The molecule has 3 aromatic carbocycles. The Hall–Kier alpha value is -3.06. The van der Waals surface area contributed by atoms with Crippen molar-refractivity contribution in [3.05, 3.63) is 98.5 Å². The number of hydrazone groups is 1. The highest BCUT2D eigenvalue weighted by Gasteiger charge is 2.24. The molecule has 0 aliphatic heterocycles. The number of benzene rings is 3. The van der Waals surface area contributed by atoms with Gasteiger partial charge in [0.1, 0.15) is 18.4 Å². The molecule has 0 bridgehead atoms. The molecule has 0 fully saturated rings. The monoisotopic (exact) mass is 531 g/mol. The van der Waals surface area contributed by atoms with Crippen LogP contribution in [0, 0.1) is 5.92 Å². The number of nitrogens with one attached hydrogen (secondary N) is 2. The molecule has 0 aliphatic rings. The number of rotatable bonds is 9. The molecule has 0 radical (unpaired) electrons. The maximum absolute atomic E-state index is 12.6. The summed E-state index contributed by atoms with van der Waals surface area (Å²) in [7, 11) is 0. The summed E-state index contributed by atoms with van der Waals surface area (Å²) in [5.41, 5.74) is 4.56. The summed E-state index contributed by atoms with van der Waals surface area (Å²) in [6, 6.07) is 18.4. The Kier molecular flexibility index (Phi) is 9.55. The normalized spacial score (nSPS) is 11.9. The minimum Gasteiger partial charge on any atom is -0.489 e. The van der Waals surface area contributed by atoms with Crippen molar-refractivity contribution in [2.24, 2.45) is 11.0 Å². The predicted octanol–water partition coefficient (Wildman–Crippen LogP) is 6.13. The summed E-state index contributed by atoms with van der Waals surface area (Å²) in [5, 5.41) is 8.01. The first-order valence-electron chi connectivity index (χ1n) is 10.8. The molecule has 0 aromatic heterocycles. The van der Waals surface area contributed by atoms with Crippen LogP contribution in [0.4, 0.5) is 0 Å². The number of amides is 2. The molecule has 3 aromatic rings. The van der Waals surface area contributed by atoms with Gasteiger partial charge in [-0.05, 0) is 71.6 Å². The minimum absolute atomic E-state index is 0.172. The van der Waals surface area contributed by atoms with Crippen LogP contribution < -0.4 is 15.5 Å². The number of hydrogen-bond acceptors (Lipinski definition) is 4. The highest BCUT2D eigenvalue weighted by atomic mass is 35.5. The molecule has 2 amide bonds. The maximum atomic E-state index is 12.6. The fourth-order valence-corrected chi connectivity index (χ4v) is 3.46. The van der Waals surface area contributed by atoms with E-state index in [2.05, 4.69) is 15.8 Å². The largest absolute Gasteiger partial charge is 0.489 e. The quantitative estimate of drug-likeness (QED) is 0.257. The van der Waals surface area contributed by atoms with Gasteiger partial charge in [-0.1, -0.05) is 60.8 Å². The minimum atomic E-state index is -0.794. The third kappa shape index (κ3) is 7.99. The van der Waals surface area contributed by atoms with Crippen molar-refractivity contribution < 1.29 is 14.3 Å². The highest BCUT2D eigenvalue weighted by Crippen LogP contribution is 2.22. The fourth-order valence-electron chi connectivity index (χ4n) is 3.03. The Bertz CT molecular complexity index is 1200. The van der Waals surface area contributed by atoms with Crippen molar-refractivity contribution in [2.45, 2.75) is 26.5 Å². The third-order valence-corrected chi connectivity index (χ3v) is 6.00. The Labute approximate surface area is 219 Å². The van der Waals surface area contributed by atoms with E-state index in [0.29, 0.717) is 28.0 Å². The molecule has 0 saturated heterocycles. The topological polar surface area (TPSA) is 79.8 Å². The average Bonchev–Trinajstić information content (AvgIpc) is 2.84. The zero-order chi connectivity index (χ0) is 25.4. The van der Waals surface area contributed by atoms with E-state index in [1.165, 1.54) is 18.3 Å². The van der Waals surface area contributed by atoms with E-state index in [1.807, 2.05) is 62.4 Å². The number of carbonyl (C=O) groups is 2. The smallest absolute Gasteiger partial charge is 0.262 e. The van der Waals surface area contributed by atoms with Crippen LogP contribution in [0.1, 0.15) is 35.3 Å². The van der Waals surface area contributed by atoms with Crippen molar-refractivity contribution in [1.82, 2.24) is 10.7 Å². The zero-order valence-corrected chi connectivity index (χ0v) is 21.4. The van der Waals surface area contributed by atoms with Gasteiger partial charge in [0.25, 0.3) is 11.8 Å². The maximum Gasteiger partial charge on any atom is 0.262 e.